The first-order valence-corrected chi connectivity index (χ1v) is 17.6. The SMILES string of the molecule is Cc1cc2cc(c1NC(=O)[C@H](CCN)NC(=O)c1cnc(-c3ccc(OC(C)(C)C)cc3)nc1C)-c1cccc(c1)CC(=O)NCC(=O)NC(C(N)=O)C2. The van der Waals surface area contributed by atoms with E-state index in [1.54, 1.807) is 38.1 Å². The van der Waals surface area contributed by atoms with Gasteiger partial charge < -0.3 is 37.5 Å². The monoisotopic (exact) mass is 734 g/mol. The van der Waals surface area contributed by atoms with Crippen LogP contribution >= 0.6 is 0 Å². The molecule has 2 atom stereocenters. The van der Waals surface area contributed by atoms with E-state index in [1.165, 1.54) is 6.20 Å². The van der Waals surface area contributed by atoms with Crippen molar-refractivity contribution in [1.29, 1.82) is 0 Å². The maximum atomic E-state index is 14.0. The van der Waals surface area contributed by atoms with E-state index < -0.39 is 35.7 Å². The van der Waals surface area contributed by atoms with E-state index >= 15 is 0 Å². The number of benzene rings is 3. The van der Waals surface area contributed by atoms with Gasteiger partial charge in [0.25, 0.3) is 5.91 Å². The standard InChI is InChI=1S/C40H46N8O6/c1-22-15-25-17-29(27-8-6-7-24(16-27)19-33(49)43-21-34(50)46-32(18-25)36(42)51)35(22)48-39(53)31(13-14-41)47-38(52)30-20-44-37(45-23(30)2)26-9-11-28(12-10-26)54-40(3,4)5/h6-12,15-17,20,31-32H,13-14,18-19,21,41H2,1-5H3,(H2,42,51)(H,43,49)(H,46,50)(H,47,52)(H,48,53)/t31-,32?/m0/s1. The number of fused-ring (bicyclic) bond motifs is 5. The number of hydrogen-bond donors (Lipinski definition) is 6. The molecular weight excluding hydrogens is 688 g/mol. The van der Waals surface area contributed by atoms with Crippen LogP contribution in [0.2, 0.25) is 0 Å². The van der Waals surface area contributed by atoms with Crippen molar-refractivity contribution in [2.24, 2.45) is 11.5 Å². The van der Waals surface area contributed by atoms with Gasteiger partial charge in [-0.1, -0.05) is 30.3 Å². The van der Waals surface area contributed by atoms with Crippen LogP contribution < -0.4 is 37.5 Å². The number of anilines is 1. The lowest BCUT2D eigenvalue weighted by atomic mass is 9.93. The summed E-state index contributed by atoms with van der Waals surface area (Å²) in [6.45, 7) is 9.19. The number of nitrogens with one attached hydrogen (secondary N) is 4. The van der Waals surface area contributed by atoms with Gasteiger partial charge in [0.1, 0.15) is 23.4 Å². The van der Waals surface area contributed by atoms with Gasteiger partial charge in [-0.3, -0.25) is 24.0 Å². The zero-order valence-corrected chi connectivity index (χ0v) is 31.0. The van der Waals surface area contributed by atoms with Crippen molar-refractivity contribution in [3.05, 3.63) is 94.8 Å². The Morgan fingerprint density at radius 1 is 0.981 bits per heavy atom. The van der Waals surface area contributed by atoms with Crippen molar-refractivity contribution in [2.45, 2.75) is 71.6 Å². The number of carbonyl (C=O) groups excluding carboxylic acids is 5. The number of aryl methyl sites for hydroxylation is 2. The van der Waals surface area contributed by atoms with Gasteiger partial charge in [0.05, 0.1) is 29.9 Å². The summed E-state index contributed by atoms with van der Waals surface area (Å²) in [6, 6.07) is 16.1. The fourth-order valence-electron chi connectivity index (χ4n) is 6.09. The van der Waals surface area contributed by atoms with Gasteiger partial charge in [0.2, 0.25) is 23.6 Å². The van der Waals surface area contributed by atoms with Gasteiger partial charge in [0, 0.05) is 23.7 Å². The molecule has 1 aliphatic rings. The zero-order chi connectivity index (χ0) is 39.2. The van der Waals surface area contributed by atoms with Gasteiger partial charge in [-0.15, -0.1) is 0 Å². The van der Waals surface area contributed by atoms with Crippen molar-refractivity contribution in [3.8, 4) is 28.3 Å². The van der Waals surface area contributed by atoms with Crippen LogP contribution in [0.4, 0.5) is 5.69 Å². The van der Waals surface area contributed by atoms with Crippen LogP contribution in [-0.4, -0.2) is 70.3 Å². The molecule has 0 spiro atoms. The van der Waals surface area contributed by atoms with E-state index in [4.69, 9.17) is 16.2 Å². The summed E-state index contributed by atoms with van der Waals surface area (Å²) in [7, 11) is 0. The van der Waals surface area contributed by atoms with Crippen molar-refractivity contribution in [1.82, 2.24) is 25.9 Å². The molecule has 0 aliphatic carbocycles. The van der Waals surface area contributed by atoms with Gasteiger partial charge in [-0.2, -0.15) is 0 Å². The molecule has 8 N–H and O–H groups in total. The minimum absolute atomic E-state index is 0.00582. The highest BCUT2D eigenvalue weighted by Gasteiger charge is 2.26. The molecule has 14 heteroatoms. The molecule has 54 heavy (non-hydrogen) atoms. The van der Waals surface area contributed by atoms with Gasteiger partial charge >= 0.3 is 0 Å². The first kappa shape index (κ1) is 39.1. The third-order valence-corrected chi connectivity index (χ3v) is 8.65. The summed E-state index contributed by atoms with van der Waals surface area (Å²) in [5, 5.41) is 11.0. The van der Waals surface area contributed by atoms with Crippen LogP contribution in [0.1, 0.15) is 59.9 Å². The van der Waals surface area contributed by atoms with Crippen LogP contribution in [0, 0.1) is 13.8 Å². The second-order valence-corrected chi connectivity index (χ2v) is 14.2. The Balaban J connectivity index is 1.41. The van der Waals surface area contributed by atoms with Crippen molar-refractivity contribution in [3.63, 3.8) is 0 Å². The normalized spacial score (nSPS) is 15.2. The number of amides is 5. The third kappa shape index (κ3) is 10.0. The lowest BCUT2D eigenvalue weighted by molar-refractivity contribution is -0.128. The summed E-state index contributed by atoms with van der Waals surface area (Å²) in [4.78, 5) is 74.0. The molecule has 14 nitrogen and oxygen atoms in total. The van der Waals surface area contributed by atoms with Crippen LogP contribution in [0.5, 0.6) is 5.75 Å². The van der Waals surface area contributed by atoms with E-state index in [-0.39, 0.29) is 49.4 Å². The molecule has 0 radical (unpaired) electrons. The molecule has 0 saturated heterocycles. The third-order valence-electron chi connectivity index (χ3n) is 8.65. The average molecular weight is 735 g/mol. The summed E-state index contributed by atoms with van der Waals surface area (Å²) in [5.74, 6) is -1.59. The fraction of sp³-hybridized carbons (Fsp3) is 0.325. The Kier molecular flexibility index (Phi) is 12.1. The number of aromatic nitrogens is 2. The van der Waals surface area contributed by atoms with Crippen LogP contribution in [0.3, 0.4) is 0 Å². The summed E-state index contributed by atoms with van der Waals surface area (Å²) in [5.41, 5.74) is 16.3. The average Bonchev–Trinajstić information content (AvgIpc) is 3.10. The number of carbonyl (C=O) groups is 5. The number of nitrogens with zero attached hydrogens (tertiary/aromatic N) is 2. The second-order valence-electron chi connectivity index (χ2n) is 14.2. The Labute approximate surface area is 313 Å². The lowest BCUT2D eigenvalue weighted by Crippen LogP contribution is -2.49. The molecule has 5 amide bonds. The van der Waals surface area contributed by atoms with Crippen molar-refractivity contribution >= 4 is 35.2 Å². The highest BCUT2D eigenvalue weighted by Crippen LogP contribution is 2.34. The number of nitrogens with two attached hydrogens (primary N) is 2. The molecule has 1 unspecified atom stereocenters. The second kappa shape index (κ2) is 16.7. The Hall–Kier alpha value is -6.15. The van der Waals surface area contributed by atoms with Gasteiger partial charge in [-0.05, 0) is 100 Å². The van der Waals surface area contributed by atoms with E-state index in [9.17, 15) is 24.0 Å². The number of primary amides is 1. The van der Waals surface area contributed by atoms with Crippen molar-refractivity contribution < 1.29 is 28.7 Å². The molecule has 0 fully saturated rings. The largest absolute Gasteiger partial charge is 0.488 e. The first-order chi connectivity index (χ1) is 25.6. The molecular formula is C40H46N8O6. The summed E-state index contributed by atoms with van der Waals surface area (Å²) < 4.78 is 5.90. The molecule has 4 bridgehead atoms. The lowest BCUT2D eigenvalue weighted by Gasteiger charge is -2.23. The van der Waals surface area contributed by atoms with E-state index in [0.717, 1.165) is 5.56 Å². The Morgan fingerprint density at radius 3 is 2.39 bits per heavy atom. The van der Waals surface area contributed by atoms with Gasteiger partial charge in [0.15, 0.2) is 5.82 Å². The zero-order valence-electron chi connectivity index (χ0n) is 31.0. The fourth-order valence-corrected chi connectivity index (χ4v) is 6.09. The van der Waals surface area contributed by atoms with E-state index in [0.29, 0.717) is 50.8 Å². The number of ether oxygens (including phenoxy) is 1. The molecule has 282 valence electrons. The van der Waals surface area contributed by atoms with Crippen LogP contribution in [-0.2, 0) is 32.0 Å². The Bertz CT molecular complexity index is 2080. The predicted molar refractivity (Wildman–Crippen MR) is 204 cm³/mol. The molecule has 1 aliphatic heterocycles. The van der Waals surface area contributed by atoms with Gasteiger partial charge in [-0.25, -0.2) is 9.97 Å². The quantitative estimate of drug-likeness (QED) is 0.149. The maximum absolute atomic E-state index is 14.0. The molecule has 1 aromatic heterocycles. The van der Waals surface area contributed by atoms with Crippen LogP contribution in [0.15, 0.2) is 66.9 Å². The highest BCUT2D eigenvalue weighted by molar-refractivity contribution is 6.04. The predicted octanol–water partition coefficient (Wildman–Crippen LogP) is 2.88. The molecule has 3 aromatic carbocycles. The molecule has 2 heterocycles. The van der Waals surface area contributed by atoms with Crippen LogP contribution in [0.25, 0.3) is 22.5 Å². The molecule has 4 aromatic rings. The smallest absolute Gasteiger partial charge is 0.255 e. The van der Waals surface area contributed by atoms with Crippen molar-refractivity contribution in [2.75, 3.05) is 18.4 Å². The minimum Gasteiger partial charge on any atom is -0.488 e. The number of rotatable bonds is 9. The highest BCUT2D eigenvalue weighted by atomic mass is 16.5. The maximum Gasteiger partial charge on any atom is 0.255 e. The molecule has 0 saturated carbocycles. The minimum atomic E-state index is -1.05. The van der Waals surface area contributed by atoms with E-state index in [2.05, 4.69) is 31.2 Å². The topological polar surface area (TPSA) is 221 Å². The Morgan fingerprint density at radius 2 is 1.72 bits per heavy atom. The molecule has 5 rings (SSSR count). The summed E-state index contributed by atoms with van der Waals surface area (Å²) >= 11 is 0. The van der Waals surface area contributed by atoms with E-state index in [1.807, 2.05) is 57.2 Å². The summed E-state index contributed by atoms with van der Waals surface area (Å²) in [6.07, 6.45) is 1.63. The number of hydrogen-bond acceptors (Lipinski definition) is 9. The first-order valence-electron chi connectivity index (χ1n) is 17.6.